The summed E-state index contributed by atoms with van der Waals surface area (Å²) in [6, 6.07) is 14.5. The molecule has 1 N–H and O–H groups in total. The summed E-state index contributed by atoms with van der Waals surface area (Å²) in [5.41, 5.74) is 4.53. The number of nitrogens with one attached hydrogen (secondary N) is 1. The Labute approximate surface area is 185 Å². The first kappa shape index (κ1) is 22.9. The number of carbonyl (C=O) groups is 1. The van der Waals surface area contributed by atoms with Crippen molar-refractivity contribution in [3.8, 4) is 5.75 Å². The van der Waals surface area contributed by atoms with Gasteiger partial charge < -0.3 is 14.6 Å². The smallest absolute Gasteiger partial charge is 0.223 e. The maximum atomic E-state index is 12.4. The van der Waals surface area contributed by atoms with Crippen LogP contribution in [0.3, 0.4) is 0 Å². The Balaban J connectivity index is 1.59. The maximum Gasteiger partial charge on any atom is 0.223 e. The van der Waals surface area contributed by atoms with Crippen molar-refractivity contribution in [1.29, 1.82) is 0 Å². The third kappa shape index (κ3) is 6.09. The van der Waals surface area contributed by atoms with E-state index in [0.717, 1.165) is 54.8 Å². The molecule has 166 valence electrons. The Kier molecular flexibility index (Phi) is 8.10. The third-order valence-electron chi connectivity index (χ3n) is 5.75. The molecule has 0 saturated heterocycles. The number of hydrogen-bond donors (Lipinski definition) is 1. The molecule has 0 aliphatic rings. The first-order chi connectivity index (χ1) is 15.0. The van der Waals surface area contributed by atoms with Gasteiger partial charge in [-0.05, 0) is 74.9 Å². The van der Waals surface area contributed by atoms with E-state index in [2.05, 4.69) is 61.8 Å². The maximum absolute atomic E-state index is 12.4. The Morgan fingerprint density at radius 2 is 1.77 bits per heavy atom. The van der Waals surface area contributed by atoms with Gasteiger partial charge in [-0.3, -0.25) is 4.79 Å². The molecule has 1 aromatic heterocycles. The molecule has 0 bridgehead atoms. The van der Waals surface area contributed by atoms with Gasteiger partial charge in [-0.2, -0.15) is 0 Å². The zero-order chi connectivity index (χ0) is 22.2. The number of benzene rings is 2. The number of para-hydroxylation sites is 2. The molecule has 31 heavy (non-hydrogen) atoms. The van der Waals surface area contributed by atoms with E-state index in [9.17, 15) is 4.79 Å². The minimum atomic E-state index is 0.0697. The van der Waals surface area contributed by atoms with Crippen molar-refractivity contribution in [2.75, 3.05) is 6.61 Å². The van der Waals surface area contributed by atoms with E-state index in [1.54, 1.807) is 0 Å². The molecule has 3 aromatic rings. The lowest BCUT2D eigenvalue weighted by atomic mass is 10.0. The van der Waals surface area contributed by atoms with Crippen molar-refractivity contribution >= 4 is 16.9 Å². The van der Waals surface area contributed by atoms with Crippen molar-refractivity contribution < 1.29 is 9.53 Å². The third-order valence-corrected chi connectivity index (χ3v) is 5.75. The number of carbonyl (C=O) groups excluding carboxylic acids is 1. The minimum Gasteiger partial charge on any atom is -0.494 e. The molecule has 0 aliphatic carbocycles. The second kappa shape index (κ2) is 11.0. The standard InChI is InChI=1S/C26H35N3O2/c1-5-21(6-2)26(30)27-18-25-28-23-11-7-8-12-24(23)29(25)13-9-10-14-31-22-16-19(3)15-20(4)17-22/h7-8,11-12,15-17,21H,5-6,9-10,13-14,18H2,1-4H3,(H,27,30). The second-order valence-corrected chi connectivity index (χ2v) is 8.28. The summed E-state index contributed by atoms with van der Waals surface area (Å²) in [6.07, 6.45) is 3.66. The highest BCUT2D eigenvalue weighted by atomic mass is 16.5. The zero-order valence-corrected chi connectivity index (χ0v) is 19.3. The number of imidazole rings is 1. The number of nitrogens with zero attached hydrogens (tertiary/aromatic N) is 2. The molecular formula is C26H35N3O2. The summed E-state index contributed by atoms with van der Waals surface area (Å²) in [6.45, 7) is 10.3. The molecule has 0 aliphatic heterocycles. The summed E-state index contributed by atoms with van der Waals surface area (Å²) in [5.74, 6) is 2.04. The number of fused-ring (bicyclic) bond motifs is 1. The van der Waals surface area contributed by atoms with Gasteiger partial charge in [0.05, 0.1) is 24.2 Å². The van der Waals surface area contributed by atoms with Gasteiger partial charge in [-0.25, -0.2) is 4.98 Å². The van der Waals surface area contributed by atoms with E-state index in [1.807, 2.05) is 18.2 Å². The van der Waals surface area contributed by atoms with Crippen molar-refractivity contribution in [2.45, 2.75) is 66.5 Å². The zero-order valence-electron chi connectivity index (χ0n) is 19.3. The fraction of sp³-hybridized carbons (Fsp3) is 0.462. The molecule has 1 amide bonds. The Bertz CT molecular complexity index is 985. The number of unbranched alkanes of at least 4 members (excludes halogenated alkanes) is 1. The summed E-state index contributed by atoms with van der Waals surface area (Å²) < 4.78 is 8.19. The number of ether oxygens (including phenoxy) is 1. The van der Waals surface area contributed by atoms with E-state index in [4.69, 9.17) is 9.72 Å². The molecule has 2 aromatic carbocycles. The first-order valence-electron chi connectivity index (χ1n) is 11.4. The van der Waals surface area contributed by atoms with Gasteiger partial charge in [-0.15, -0.1) is 0 Å². The molecule has 0 radical (unpaired) electrons. The number of amides is 1. The lowest BCUT2D eigenvalue weighted by Gasteiger charge is -2.14. The van der Waals surface area contributed by atoms with Gasteiger partial charge >= 0.3 is 0 Å². The van der Waals surface area contributed by atoms with Crippen LogP contribution in [0.5, 0.6) is 5.75 Å². The predicted molar refractivity (Wildman–Crippen MR) is 126 cm³/mol. The molecule has 0 atom stereocenters. The normalized spacial score (nSPS) is 11.3. The van der Waals surface area contributed by atoms with Crippen LogP contribution in [0.4, 0.5) is 0 Å². The molecule has 0 saturated carbocycles. The fourth-order valence-electron chi connectivity index (χ4n) is 4.06. The molecule has 0 spiro atoms. The van der Waals surface area contributed by atoms with E-state index in [0.29, 0.717) is 13.2 Å². The van der Waals surface area contributed by atoms with Gasteiger partial charge in [-0.1, -0.05) is 32.0 Å². The van der Waals surface area contributed by atoms with E-state index < -0.39 is 0 Å². The average molecular weight is 422 g/mol. The van der Waals surface area contributed by atoms with Crippen LogP contribution in [0, 0.1) is 19.8 Å². The topological polar surface area (TPSA) is 56.2 Å². The van der Waals surface area contributed by atoms with Gasteiger partial charge in [0.1, 0.15) is 11.6 Å². The van der Waals surface area contributed by atoms with E-state index in [-0.39, 0.29) is 11.8 Å². The lowest BCUT2D eigenvalue weighted by molar-refractivity contribution is -0.125. The van der Waals surface area contributed by atoms with Crippen molar-refractivity contribution in [3.63, 3.8) is 0 Å². The van der Waals surface area contributed by atoms with Crippen LogP contribution in [-0.2, 0) is 17.9 Å². The van der Waals surface area contributed by atoms with E-state index in [1.165, 1.54) is 11.1 Å². The average Bonchev–Trinajstić information content (AvgIpc) is 3.10. The fourth-order valence-corrected chi connectivity index (χ4v) is 4.06. The lowest BCUT2D eigenvalue weighted by Crippen LogP contribution is -2.30. The Morgan fingerprint density at radius 1 is 1.06 bits per heavy atom. The molecule has 5 heteroatoms. The van der Waals surface area contributed by atoms with Crippen molar-refractivity contribution in [2.24, 2.45) is 5.92 Å². The van der Waals surface area contributed by atoms with E-state index >= 15 is 0 Å². The second-order valence-electron chi connectivity index (χ2n) is 8.28. The first-order valence-corrected chi connectivity index (χ1v) is 11.4. The molecule has 3 rings (SSSR count). The van der Waals surface area contributed by atoms with Gasteiger partial charge in [0.15, 0.2) is 0 Å². The molecule has 0 fully saturated rings. The van der Waals surface area contributed by atoms with Gasteiger partial charge in [0.2, 0.25) is 5.91 Å². The van der Waals surface area contributed by atoms with Crippen LogP contribution in [0.15, 0.2) is 42.5 Å². The van der Waals surface area contributed by atoms with Crippen LogP contribution in [0.1, 0.15) is 56.5 Å². The summed E-state index contributed by atoms with van der Waals surface area (Å²) in [7, 11) is 0. The predicted octanol–water partition coefficient (Wildman–Crippen LogP) is 5.56. The quantitative estimate of drug-likeness (QED) is 0.412. The Morgan fingerprint density at radius 3 is 2.48 bits per heavy atom. The summed E-state index contributed by atoms with van der Waals surface area (Å²) in [5, 5.41) is 3.09. The number of aromatic nitrogens is 2. The summed E-state index contributed by atoms with van der Waals surface area (Å²) in [4.78, 5) is 17.2. The van der Waals surface area contributed by atoms with Gasteiger partial charge in [0, 0.05) is 12.5 Å². The molecule has 0 unspecified atom stereocenters. The minimum absolute atomic E-state index is 0.0697. The van der Waals surface area contributed by atoms with Crippen molar-refractivity contribution in [1.82, 2.24) is 14.9 Å². The Hall–Kier alpha value is -2.82. The van der Waals surface area contributed by atoms with Crippen LogP contribution in [0.2, 0.25) is 0 Å². The highest BCUT2D eigenvalue weighted by Gasteiger charge is 2.16. The summed E-state index contributed by atoms with van der Waals surface area (Å²) >= 11 is 0. The highest BCUT2D eigenvalue weighted by Crippen LogP contribution is 2.19. The van der Waals surface area contributed by atoms with Crippen LogP contribution in [0.25, 0.3) is 11.0 Å². The van der Waals surface area contributed by atoms with Crippen molar-refractivity contribution in [3.05, 3.63) is 59.4 Å². The number of aryl methyl sites for hydroxylation is 3. The van der Waals surface area contributed by atoms with Crippen LogP contribution in [-0.4, -0.2) is 22.1 Å². The highest BCUT2D eigenvalue weighted by molar-refractivity contribution is 5.79. The van der Waals surface area contributed by atoms with Gasteiger partial charge in [0.25, 0.3) is 0 Å². The monoisotopic (exact) mass is 421 g/mol. The molecular weight excluding hydrogens is 386 g/mol. The number of hydrogen-bond acceptors (Lipinski definition) is 3. The largest absolute Gasteiger partial charge is 0.494 e. The number of rotatable bonds is 11. The van der Waals surface area contributed by atoms with Crippen LogP contribution >= 0.6 is 0 Å². The molecule has 5 nitrogen and oxygen atoms in total. The molecule has 1 heterocycles. The van der Waals surface area contributed by atoms with Crippen LogP contribution < -0.4 is 10.1 Å². The SMILES string of the molecule is CCC(CC)C(=O)NCc1nc2ccccc2n1CCCCOc1cc(C)cc(C)c1.